The molecule has 0 aliphatic carbocycles. The van der Waals surface area contributed by atoms with Crippen molar-refractivity contribution in [2.24, 2.45) is 0 Å². The quantitative estimate of drug-likeness (QED) is 0.321. The van der Waals surface area contributed by atoms with Crippen LogP contribution in [0.15, 0.2) is 42.5 Å². The van der Waals surface area contributed by atoms with Crippen LogP contribution in [0.3, 0.4) is 0 Å². The van der Waals surface area contributed by atoms with E-state index in [2.05, 4.69) is 27.1 Å². The third-order valence-corrected chi connectivity index (χ3v) is 9.20. The van der Waals surface area contributed by atoms with Gasteiger partial charge in [-0.05, 0) is 80.2 Å². The number of piperidine rings is 1. The van der Waals surface area contributed by atoms with Gasteiger partial charge in [0.15, 0.2) is 5.82 Å². The molecule has 7 rings (SSSR count). The van der Waals surface area contributed by atoms with Crippen LogP contribution in [0.4, 0.5) is 10.2 Å². The SMILES string of the molecule is CN1CCC[C@H]1COc1nc(N2C3CCCC2CNC3)c2cc(Cl)c(-c3cc(O)cc4ccccc34)c(F)c2n1. The van der Waals surface area contributed by atoms with Crippen LogP contribution in [0.5, 0.6) is 11.8 Å². The fourth-order valence-corrected chi connectivity index (χ4v) is 7.15. The molecular formula is C31H33ClFN5O2. The van der Waals surface area contributed by atoms with Crippen LogP contribution in [0.2, 0.25) is 5.02 Å². The lowest BCUT2D eigenvalue weighted by Gasteiger charge is -2.47. The number of likely N-dealkylation sites (N-methyl/N-ethyl adjacent to an activating group) is 1. The van der Waals surface area contributed by atoms with Crippen molar-refractivity contribution in [3.63, 3.8) is 0 Å². The average Bonchev–Trinajstić information content (AvgIpc) is 3.35. The van der Waals surface area contributed by atoms with Gasteiger partial charge in [0.05, 0.1) is 5.02 Å². The topological polar surface area (TPSA) is 73.8 Å². The maximum Gasteiger partial charge on any atom is 0.319 e. The highest BCUT2D eigenvalue weighted by atomic mass is 35.5. The van der Waals surface area contributed by atoms with Crippen LogP contribution in [0, 0.1) is 5.82 Å². The normalized spacial score (nSPS) is 23.3. The Hall–Kier alpha value is -3.20. The Labute approximate surface area is 237 Å². The number of aromatic nitrogens is 2. The summed E-state index contributed by atoms with van der Waals surface area (Å²) in [6.45, 7) is 3.20. The number of anilines is 1. The zero-order valence-corrected chi connectivity index (χ0v) is 23.3. The van der Waals surface area contributed by atoms with Gasteiger partial charge in [-0.15, -0.1) is 0 Å². The number of phenols is 1. The van der Waals surface area contributed by atoms with E-state index in [4.69, 9.17) is 21.3 Å². The first kappa shape index (κ1) is 25.7. The molecule has 3 saturated heterocycles. The second-order valence-corrected chi connectivity index (χ2v) is 11.8. The van der Waals surface area contributed by atoms with Crippen molar-refractivity contribution < 1.29 is 14.2 Å². The maximum absolute atomic E-state index is 16.7. The Kier molecular flexibility index (Phi) is 6.65. The Morgan fingerprint density at radius 1 is 1.05 bits per heavy atom. The summed E-state index contributed by atoms with van der Waals surface area (Å²) in [6, 6.07) is 13.6. The van der Waals surface area contributed by atoms with Crippen LogP contribution in [-0.4, -0.2) is 71.4 Å². The molecule has 3 fully saturated rings. The molecule has 3 atom stereocenters. The number of hydrogen-bond acceptors (Lipinski definition) is 7. The number of phenolic OH excluding ortho intramolecular Hbond substituents is 1. The molecule has 2 unspecified atom stereocenters. The second kappa shape index (κ2) is 10.3. The maximum atomic E-state index is 16.7. The van der Waals surface area contributed by atoms with E-state index >= 15 is 4.39 Å². The number of ether oxygens (including phenoxy) is 1. The Balaban J connectivity index is 1.42. The highest BCUT2D eigenvalue weighted by Gasteiger charge is 2.37. The predicted octanol–water partition coefficient (Wildman–Crippen LogP) is 5.75. The summed E-state index contributed by atoms with van der Waals surface area (Å²) >= 11 is 6.89. The lowest BCUT2D eigenvalue weighted by molar-refractivity contribution is 0.188. The monoisotopic (exact) mass is 561 g/mol. The molecule has 3 aliphatic rings. The minimum atomic E-state index is -0.537. The van der Waals surface area contributed by atoms with Crippen LogP contribution in [-0.2, 0) is 0 Å². The van der Waals surface area contributed by atoms with Crippen molar-refractivity contribution in [3.8, 4) is 22.9 Å². The molecule has 7 nitrogen and oxygen atoms in total. The van der Waals surface area contributed by atoms with Crippen molar-refractivity contribution in [3.05, 3.63) is 53.3 Å². The molecule has 3 aliphatic heterocycles. The first-order chi connectivity index (χ1) is 19.5. The van der Waals surface area contributed by atoms with Gasteiger partial charge in [0, 0.05) is 42.2 Å². The number of nitrogens with one attached hydrogen (secondary N) is 1. The van der Waals surface area contributed by atoms with Gasteiger partial charge in [-0.2, -0.15) is 9.97 Å². The second-order valence-electron chi connectivity index (χ2n) is 11.4. The number of rotatable bonds is 5. The summed E-state index contributed by atoms with van der Waals surface area (Å²) in [4.78, 5) is 14.2. The summed E-state index contributed by atoms with van der Waals surface area (Å²) in [5, 5.41) is 16.5. The number of benzene rings is 3. The van der Waals surface area contributed by atoms with Crippen LogP contribution in [0.25, 0.3) is 32.8 Å². The molecule has 0 spiro atoms. The number of piperazine rings is 1. The molecule has 0 radical (unpaired) electrons. The molecule has 40 heavy (non-hydrogen) atoms. The van der Waals surface area contributed by atoms with Gasteiger partial charge in [0.1, 0.15) is 23.7 Å². The Bertz CT molecular complexity index is 1580. The molecule has 4 heterocycles. The van der Waals surface area contributed by atoms with Crippen LogP contribution >= 0.6 is 11.6 Å². The van der Waals surface area contributed by atoms with Gasteiger partial charge in [-0.25, -0.2) is 4.39 Å². The van der Waals surface area contributed by atoms with Crippen molar-refractivity contribution in [1.82, 2.24) is 20.2 Å². The summed E-state index contributed by atoms with van der Waals surface area (Å²) in [5.41, 5.74) is 0.922. The minimum Gasteiger partial charge on any atom is -0.508 e. The van der Waals surface area contributed by atoms with E-state index in [-0.39, 0.29) is 46.0 Å². The molecule has 2 bridgehead atoms. The highest BCUT2D eigenvalue weighted by Crippen LogP contribution is 2.43. The van der Waals surface area contributed by atoms with Gasteiger partial charge < -0.3 is 25.0 Å². The van der Waals surface area contributed by atoms with Crippen molar-refractivity contribution in [2.75, 3.05) is 38.2 Å². The number of likely N-dealkylation sites (tertiary alicyclic amines) is 1. The third-order valence-electron chi connectivity index (χ3n) is 8.90. The number of fused-ring (bicyclic) bond motifs is 4. The minimum absolute atomic E-state index is 0.0472. The number of nitrogens with zero attached hydrogens (tertiary/aromatic N) is 4. The Morgan fingerprint density at radius 3 is 2.62 bits per heavy atom. The molecule has 4 aromatic rings. The Morgan fingerprint density at radius 2 is 1.85 bits per heavy atom. The molecule has 0 amide bonds. The number of halogens is 2. The first-order valence-electron chi connectivity index (χ1n) is 14.2. The highest BCUT2D eigenvalue weighted by molar-refractivity contribution is 6.35. The van der Waals surface area contributed by atoms with Crippen LogP contribution in [0.1, 0.15) is 32.1 Å². The van der Waals surface area contributed by atoms with E-state index in [9.17, 15) is 5.11 Å². The third kappa shape index (κ3) is 4.42. The smallest absolute Gasteiger partial charge is 0.319 e. The van der Waals surface area contributed by atoms with E-state index in [1.54, 1.807) is 18.2 Å². The zero-order chi connectivity index (χ0) is 27.4. The van der Waals surface area contributed by atoms with Crippen LogP contribution < -0.4 is 15.0 Å². The first-order valence-corrected chi connectivity index (χ1v) is 14.6. The van der Waals surface area contributed by atoms with E-state index in [1.807, 2.05) is 24.3 Å². The average molecular weight is 562 g/mol. The fourth-order valence-electron chi connectivity index (χ4n) is 6.86. The van der Waals surface area contributed by atoms with E-state index < -0.39 is 5.82 Å². The van der Waals surface area contributed by atoms with Gasteiger partial charge in [-0.3, -0.25) is 0 Å². The summed E-state index contributed by atoms with van der Waals surface area (Å²) < 4.78 is 22.9. The van der Waals surface area contributed by atoms with Crippen molar-refractivity contribution in [1.29, 1.82) is 0 Å². The summed E-state index contributed by atoms with van der Waals surface area (Å²) in [7, 11) is 2.10. The number of hydrogen-bond donors (Lipinski definition) is 2. The van der Waals surface area contributed by atoms with Gasteiger partial charge in [-0.1, -0.05) is 35.9 Å². The summed E-state index contributed by atoms with van der Waals surface area (Å²) in [5.74, 6) is 0.195. The van der Waals surface area contributed by atoms with E-state index in [0.29, 0.717) is 23.4 Å². The summed E-state index contributed by atoms with van der Waals surface area (Å²) in [6.07, 6.45) is 5.44. The molecule has 2 N–H and O–H groups in total. The van der Waals surface area contributed by atoms with Crippen molar-refractivity contribution in [2.45, 2.75) is 50.2 Å². The molecular weight excluding hydrogens is 529 g/mol. The molecule has 0 saturated carbocycles. The largest absolute Gasteiger partial charge is 0.508 e. The fraction of sp³-hybridized carbons (Fsp3) is 0.419. The molecule has 1 aromatic heterocycles. The van der Waals surface area contributed by atoms with E-state index in [1.165, 1.54) is 0 Å². The van der Waals surface area contributed by atoms with Gasteiger partial charge >= 0.3 is 6.01 Å². The van der Waals surface area contributed by atoms with Crippen molar-refractivity contribution >= 4 is 39.1 Å². The number of aromatic hydroxyl groups is 1. The molecule has 208 valence electrons. The zero-order valence-electron chi connectivity index (χ0n) is 22.5. The lowest BCUT2D eigenvalue weighted by atomic mass is 9.91. The van der Waals surface area contributed by atoms with E-state index in [0.717, 1.165) is 62.5 Å². The lowest BCUT2D eigenvalue weighted by Crippen LogP contribution is -2.60. The standard InChI is InChI=1S/C31H33ClFN5O2/c1-37-11-5-9-21(37)17-40-31-35-29-25(30(36-31)38-19-7-4-8-20(38)16-34-15-19)14-26(32)27(28(29)33)24-13-22(39)12-18-6-2-3-10-23(18)24/h2-3,6,10,12-14,19-21,34,39H,4-5,7-9,11,15-17H2,1H3/t19?,20?,21-/m0/s1. The molecule has 3 aromatic carbocycles. The predicted molar refractivity (Wildman–Crippen MR) is 157 cm³/mol. The molecule has 9 heteroatoms. The van der Waals surface area contributed by atoms with Gasteiger partial charge in [0.25, 0.3) is 0 Å². The van der Waals surface area contributed by atoms with Gasteiger partial charge in [0.2, 0.25) is 0 Å².